The van der Waals surface area contributed by atoms with E-state index in [-0.39, 0.29) is 30.3 Å². The Hall–Kier alpha value is -2.77. The summed E-state index contributed by atoms with van der Waals surface area (Å²) in [6.45, 7) is 3.67. The molecule has 0 bridgehead atoms. The molecule has 1 fully saturated rings. The number of Topliss-reactive ketones (excluding diaryl/α,β-unsaturated/α-hetero) is 1. The van der Waals surface area contributed by atoms with E-state index in [1.807, 2.05) is 17.0 Å². The van der Waals surface area contributed by atoms with Gasteiger partial charge in [-0.2, -0.15) is 0 Å². The largest absolute Gasteiger partial charge is 0.474 e. The van der Waals surface area contributed by atoms with Crippen LogP contribution in [-0.2, 0) is 17.8 Å². The van der Waals surface area contributed by atoms with Gasteiger partial charge in [0.15, 0.2) is 5.78 Å². The van der Waals surface area contributed by atoms with Crippen molar-refractivity contribution >= 4 is 11.7 Å². The van der Waals surface area contributed by atoms with E-state index in [4.69, 9.17) is 4.74 Å². The number of rotatable bonds is 7. The van der Waals surface area contributed by atoms with E-state index in [9.17, 15) is 14.7 Å². The molecule has 3 heterocycles. The van der Waals surface area contributed by atoms with Crippen molar-refractivity contribution in [2.24, 2.45) is 0 Å². The number of ether oxygens (including phenoxy) is 1. The number of aliphatic hydroxyl groups is 1. The molecule has 2 atom stereocenters. The van der Waals surface area contributed by atoms with Crippen molar-refractivity contribution in [1.29, 1.82) is 0 Å². The Bertz CT molecular complexity index is 956. The average Bonchev–Trinajstić information content (AvgIpc) is 2.82. The van der Waals surface area contributed by atoms with Crippen molar-refractivity contribution in [3.8, 4) is 5.88 Å². The first-order chi connectivity index (χ1) is 15.5. The number of carbonyl (C=O) groups is 2. The Morgan fingerprint density at radius 3 is 2.72 bits per heavy atom. The second-order valence-corrected chi connectivity index (χ2v) is 8.70. The summed E-state index contributed by atoms with van der Waals surface area (Å²) in [6.07, 6.45) is 3.93. The first-order valence-corrected chi connectivity index (χ1v) is 11.4. The highest BCUT2D eigenvalue weighted by Crippen LogP contribution is 2.22. The molecule has 0 saturated carbocycles. The number of carbonyl (C=O) groups excluding carboxylic acids is 2. The molecule has 4 rings (SSSR count). The van der Waals surface area contributed by atoms with Gasteiger partial charge in [-0.3, -0.25) is 9.59 Å². The van der Waals surface area contributed by atoms with E-state index >= 15 is 0 Å². The Kier molecular flexibility index (Phi) is 7.17. The summed E-state index contributed by atoms with van der Waals surface area (Å²) in [5, 5.41) is 14.0. The first-order valence-electron chi connectivity index (χ1n) is 11.4. The van der Waals surface area contributed by atoms with Gasteiger partial charge < -0.3 is 20.1 Å². The van der Waals surface area contributed by atoms with Crippen LogP contribution in [0.3, 0.4) is 0 Å². The zero-order valence-electron chi connectivity index (χ0n) is 18.5. The summed E-state index contributed by atoms with van der Waals surface area (Å²) in [6, 6.07) is 11.6. The summed E-state index contributed by atoms with van der Waals surface area (Å²) in [7, 11) is 0. The van der Waals surface area contributed by atoms with Crippen molar-refractivity contribution in [3.05, 3.63) is 59.3 Å². The minimum Gasteiger partial charge on any atom is -0.474 e. The molecule has 0 radical (unpaired) electrons. The Balaban J connectivity index is 1.27. The molecule has 7 nitrogen and oxygen atoms in total. The van der Waals surface area contributed by atoms with Crippen LogP contribution in [0.1, 0.15) is 54.1 Å². The summed E-state index contributed by atoms with van der Waals surface area (Å²) in [5.41, 5.74) is 3.07. The van der Waals surface area contributed by atoms with Crippen LogP contribution < -0.4 is 10.1 Å². The molecule has 1 amide bonds. The molecular formula is C25H31N3O4. The number of nitrogens with zero attached hydrogens (tertiary/aromatic N) is 2. The maximum absolute atomic E-state index is 12.7. The molecule has 1 aromatic carbocycles. The lowest BCUT2D eigenvalue weighted by molar-refractivity contribution is -0.130. The zero-order valence-corrected chi connectivity index (χ0v) is 18.5. The van der Waals surface area contributed by atoms with E-state index in [0.29, 0.717) is 31.0 Å². The van der Waals surface area contributed by atoms with Crippen LogP contribution >= 0.6 is 0 Å². The molecule has 1 saturated heterocycles. The van der Waals surface area contributed by atoms with Gasteiger partial charge in [0.25, 0.3) is 0 Å². The highest BCUT2D eigenvalue weighted by molar-refractivity contribution is 5.96. The maximum Gasteiger partial charge on any atom is 0.219 e. The van der Waals surface area contributed by atoms with Crippen molar-refractivity contribution in [3.63, 3.8) is 0 Å². The second-order valence-electron chi connectivity index (χ2n) is 8.70. The van der Waals surface area contributed by atoms with Crippen LogP contribution in [0.4, 0.5) is 0 Å². The minimum atomic E-state index is -0.587. The van der Waals surface area contributed by atoms with Gasteiger partial charge in [0.05, 0.1) is 6.10 Å². The highest BCUT2D eigenvalue weighted by atomic mass is 16.5. The number of hydrogen-bond donors (Lipinski definition) is 2. The fourth-order valence-electron chi connectivity index (χ4n) is 4.48. The lowest BCUT2D eigenvalue weighted by atomic mass is 9.91. The molecule has 170 valence electrons. The predicted molar refractivity (Wildman–Crippen MR) is 120 cm³/mol. The van der Waals surface area contributed by atoms with Crippen LogP contribution in [-0.4, -0.2) is 58.0 Å². The molecule has 7 heteroatoms. The van der Waals surface area contributed by atoms with Crippen molar-refractivity contribution in [1.82, 2.24) is 15.2 Å². The number of aliphatic hydroxyl groups excluding tert-OH is 1. The molecule has 32 heavy (non-hydrogen) atoms. The lowest BCUT2D eigenvalue weighted by Gasteiger charge is -2.31. The molecule has 0 unspecified atom stereocenters. The average molecular weight is 438 g/mol. The smallest absolute Gasteiger partial charge is 0.219 e. The predicted octanol–water partition coefficient (Wildman–Crippen LogP) is 2.51. The molecule has 1 aromatic heterocycles. The Morgan fingerprint density at radius 1 is 1.22 bits per heavy atom. The highest BCUT2D eigenvalue weighted by Gasteiger charge is 2.25. The number of aromatic nitrogens is 1. The van der Waals surface area contributed by atoms with Crippen molar-refractivity contribution < 1.29 is 19.4 Å². The number of nitrogens with one attached hydrogen (secondary N) is 1. The van der Waals surface area contributed by atoms with Crippen molar-refractivity contribution in [2.75, 3.05) is 13.1 Å². The van der Waals surface area contributed by atoms with E-state index in [1.54, 1.807) is 25.3 Å². The van der Waals surface area contributed by atoms with Gasteiger partial charge in [0.2, 0.25) is 11.8 Å². The summed E-state index contributed by atoms with van der Waals surface area (Å²) >= 11 is 0. The fourth-order valence-corrected chi connectivity index (χ4v) is 4.48. The van der Waals surface area contributed by atoms with Gasteiger partial charge in [-0.1, -0.05) is 24.3 Å². The zero-order chi connectivity index (χ0) is 22.5. The number of piperidine rings is 1. The SMILES string of the molecule is CC(=O)N1CCC(Oc2cc(C(=O)CC[C@@H](O)[C@@H]3Cc4ccccc4CN3)ccn2)CC1. The second kappa shape index (κ2) is 10.2. The summed E-state index contributed by atoms with van der Waals surface area (Å²) in [5.74, 6) is 0.492. The van der Waals surface area contributed by atoms with E-state index in [0.717, 1.165) is 25.8 Å². The van der Waals surface area contributed by atoms with Gasteiger partial charge in [0, 0.05) is 69.7 Å². The first kappa shape index (κ1) is 22.4. The number of ketones is 1. The van der Waals surface area contributed by atoms with Crippen LogP contribution in [0, 0.1) is 0 Å². The molecule has 2 aliphatic heterocycles. The van der Waals surface area contributed by atoms with Gasteiger partial charge in [-0.25, -0.2) is 4.98 Å². The molecule has 2 N–H and O–H groups in total. The number of hydrogen-bond acceptors (Lipinski definition) is 6. The molecule has 0 aliphatic carbocycles. The van der Waals surface area contributed by atoms with E-state index in [1.165, 1.54) is 11.1 Å². The van der Waals surface area contributed by atoms with Gasteiger partial charge >= 0.3 is 0 Å². The number of pyridine rings is 1. The van der Waals surface area contributed by atoms with E-state index < -0.39 is 6.10 Å². The summed E-state index contributed by atoms with van der Waals surface area (Å²) < 4.78 is 5.97. The normalized spacial score (nSPS) is 19.8. The van der Waals surface area contributed by atoms with Gasteiger partial charge in [-0.15, -0.1) is 0 Å². The van der Waals surface area contributed by atoms with Gasteiger partial charge in [0.1, 0.15) is 6.10 Å². The minimum absolute atomic E-state index is 0.00877. The number of fused-ring (bicyclic) bond motifs is 1. The molecule has 2 aliphatic rings. The molecule has 0 spiro atoms. The van der Waals surface area contributed by atoms with Crippen LogP contribution in [0.5, 0.6) is 5.88 Å². The topological polar surface area (TPSA) is 91.8 Å². The number of amides is 1. The van der Waals surface area contributed by atoms with E-state index in [2.05, 4.69) is 22.4 Å². The standard InChI is InChI=1S/C25H31N3O4/c1-17(29)28-12-9-21(10-13-28)32-25-15-19(8-11-26-25)23(30)6-7-24(31)22-14-18-4-2-3-5-20(18)16-27-22/h2-5,8,11,15,21-22,24,27,31H,6-7,9-10,12-14,16H2,1H3/t22-,24+/m0/s1. The third kappa shape index (κ3) is 5.53. The number of likely N-dealkylation sites (tertiary alicyclic amines) is 1. The molecular weight excluding hydrogens is 406 g/mol. The van der Waals surface area contributed by atoms with Crippen LogP contribution in [0.25, 0.3) is 0 Å². The third-order valence-electron chi connectivity index (χ3n) is 6.48. The Labute approximate surface area is 188 Å². The van der Waals surface area contributed by atoms with Crippen LogP contribution in [0.2, 0.25) is 0 Å². The quantitative estimate of drug-likeness (QED) is 0.647. The third-order valence-corrected chi connectivity index (χ3v) is 6.48. The Morgan fingerprint density at radius 2 is 1.97 bits per heavy atom. The maximum atomic E-state index is 12.7. The van der Waals surface area contributed by atoms with Crippen LogP contribution in [0.15, 0.2) is 42.6 Å². The lowest BCUT2D eigenvalue weighted by Crippen LogP contribution is -2.44. The summed E-state index contributed by atoms with van der Waals surface area (Å²) in [4.78, 5) is 30.3. The fraction of sp³-hybridized carbons (Fsp3) is 0.480. The van der Waals surface area contributed by atoms with Gasteiger partial charge in [-0.05, 0) is 30.0 Å². The number of benzene rings is 1. The monoisotopic (exact) mass is 437 g/mol. The molecule has 2 aromatic rings. The van der Waals surface area contributed by atoms with Crippen molar-refractivity contribution in [2.45, 2.75) is 63.8 Å².